The normalized spacial score (nSPS) is 12.9. The van der Waals surface area contributed by atoms with E-state index in [-0.39, 0.29) is 42.4 Å². The number of thiophene rings is 1. The van der Waals surface area contributed by atoms with Crippen LogP contribution in [0.4, 0.5) is 0 Å². The number of carbonyl (C=O) groups is 4. The Morgan fingerprint density at radius 1 is 1.05 bits per heavy atom. The number of hydrogen-bond donors (Lipinski definition) is 4. The number of ether oxygens (including phenoxy) is 2. The SMILES string of the molecule is CCCCC(CCCC)(Oc1ccc(C(=O)CNC(=O)c2cc3c(s2)CCNC3)cc1OCC(=O)O)C(=O)O. The number of carboxylic acid groups (broad SMARTS) is 2. The van der Waals surface area contributed by atoms with Crippen LogP contribution in [0.1, 0.15) is 82.8 Å². The number of unbranched alkanes of at least 4 members (excludes halogenated alkanes) is 2. The largest absolute Gasteiger partial charge is 0.479 e. The van der Waals surface area contributed by atoms with Gasteiger partial charge in [0.1, 0.15) is 0 Å². The van der Waals surface area contributed by atoms with Crippen LogP contribution in [0, 0.1) is 0 Å². The third-order valence-corrected chi connectivity index (χ3v) is 7.79. The maximum absolute atomic E-state index is 12.9. The Kier molecular flexibility index (Phi) is 10.9. The van der Waals surface area contributed by atoms with E-state index in [1.807, 2.05) is 19.9 Å². The standard InChI is InChI=1S/C28H36N2O8S/c1-3-5-10-28(27(35)36,11-6-4-2)38-21-8-7-18(13-22(21)37-17-25(32)33)20(31)16-30-26(34)24-14-19-15-29-12-9-23(19)39-24/h7-8,13-14,29H,3-6,9-12,15-17H2,1-2H3,(H,30,34)(H,32,33)(H,35,36). The molecule has 1 aliphatic rings. The molecule has 1 aliphatic heterocycles. The average Bonchev–Trinajstić information content (AvgIpc) is 3.36. The molecule has 2 aromatic rings. The summed E-state index contributed by atoms with van der Waals surface area (Å²) < 4.78 is 11.5. The molecule has 0 saturated heterocycles. The van der Waals surface area contributed by atoms with Gasteiger partial charge in [0.15, 0.2) is 23.9 Å². The molecular weight excluding hydrogens is 524 g/mol. The van der Waals surface area contributed by atoms with Crippen LogP contribution in [0.3, 0.4) is 0 Å². The number of carbonyl (C=O) groups excluding carboxylic acids is 2. The number of fused-ring (bicyclic) bond motifs is 1. The van der Waals surface area contributed by atoms with Gasteiger partial charge < -0.3 is 30.3 Å². The molecule has 0 saturated carbocycles. The van der Waals surface area contributed by atoms with E-state index in [9.17, 15) is 24.3 Å². The van der Waals surface area contributed by atoms with Crippen LogP contribution < -0.4 is 20.1 Å². The number of hydrogen-bond acceptors (Lipinski definition) is 8. The molecule has 1 aromatic carbocycles. The lowest BCUT2D eigenvalue weighted by Crippen LogP contribution is -2.44. The zero-order valence-electron chi connectivity index (χ0n) is 22.3. The van der Waals surface area contributed by atoms with Crippen LogP contribution in [0.15, 0.2) is 24.3 Å². The second kappa shape index (κ2) is 14.1. The Hall–Kier alpha value is -3.44. The summed E-state index contributed by atoms with van der Waals surface area (Å²) in [6.07, 6.45) is 4.20. The van der Waals surface area contributed by atoms with Crippen molar-refractivity contribution in [1.82, 2.24) is 10.6 Å². The van der Waals surface area contributed by atoms with Gasteiger partial charge in [-0.1, -0.05) is 26.7 Å². The van der Waals surface area contributed by atoms with Crippen molar-refractivity contribution in [2.24, 2.45) is 0 Å². The summed E-state index contributed by atoms with van der Waals surface area (Å²) in [5.41, 5.74) is -0.253. The summed E-state index contributed by atoms with van der Waals surface area (Å²) in [5.74, 6) is -3.11. The van der Waals surface area contributed by atoms with Gasteiger partial charge in [-0.3, -0.25) is 9.59 Å². The summed E-state index contributed by atoms with van der Waals surface area (Å²) in [6, 6.07) is 6.04. The van der Waals surface area contributed by atoms with E-state index in [1.165, 1.54) is 29.5 Å². The minimum Gasteiger partial charge on any atom is -0.479 e. The van der Waals surface area contributed by atoms with Crippen LogP contribution in [0.2, 0.25) is 0 Å². The van der Waals surface area contributed by atoms with Gasteiger partial charge in [-0.15, -0.1) is 11.3 Å². The van der Waals surface area contributed by atoms with Gasteiger partial charge in [0.2, 0.25) is 5.60 Å². The minimum atomic E-state index is -1.51. The molecule has 0 bridgehead atoms. The van der Waals surface area contributed by atoms with Crippen LogP contribution in [-0.2, 0) is 22.6 Å². The monoisotopic (exact) mass is 560 g/mol. The first-order valence-corrected chi connectivity index (χ1v) is 14.1. The van der Waals surface area contributed by atoms with Gasteiger partial charge in [-0.25, -0.2) is 9.59 Å². The Bertz CT molecular complexity index is 1160. The predicted octanol–water partition coefficient (Wildman–Crippen LogP) is 4.05. The molecule has 2 heterocycles. The van der Waals surface area contributed by atoms with E-state index < -0.39 is 29.9 Å². The summed E-state index contributed by atoms with van der Waals surface area (Å²) in [5, 5.41) is 25.1. The first kappa shape index (κ1) is 30.1. The van der Waals surface area contributed by atoms with Crippen molar-refractivity contribution in [2.75, 3.05) is 19.7 Å². The highest BCUT2D eigenvalue weighted by atomic mass is 32.1. The zero-order chi connectivity index (χ0) is 28.4. The number of rotatable bonds is 16. The second-order valence-corrected chi connectivity index (χ2v) is 10.7. The second-order valence-electron chi connectivity index (χ2n) is 9.54. The third kappa shape index (κ3) is 8.03. The van der Waals surface area contributed by atoms with Gasteiger partial charge in [0.25, 0.3) is 5.91 Å². The molecule has 0 radical (unpaired) electrons. The van der Waals surface area contributed by atoms with Crippen LogP contribution in [0.5, 0.6) is 11.5 Å². The molecule has 0 unspecified atom stereocenters. The number of benzene rings is 1. The van der Waals surface area contributed by atoms with Crippen LogP contribution >= 0.6 is 11.3 Å². The molecule has 1 aromatic heterocycles. The fourth-order valence-corrected chi connectivity index (χ4v) is 5.45. The van der Waals surface area contributed by atoms with Crippen molar-refractivity contribution in [1.29, 1.82) is 0 Å². The highest BCUT2D eigenvalue weighted by Gasteiger charge is 2.40. The first-order chi connectivity index (χ1) is 18.7. The van der Waals surface area contributed by atoms with Crippen LogP contribution in [-0.4, -0.2) is 59.1 Å². The van der Waals surface area contributed by atoms with Gasteiger partial charge >= 0.3 is 11.9 Å². The molecule has 10 nitrogen and oxygen atoms in total. The quantitative estimate of drug-likeness (QED) is 0.223. The van der Waals surface area contributed by atoms with E-state index >= 15 is 0 Å². The lowest BCUT2D eigenvalue weighted by molar-refractivity contribution is -0.157. The lowest BCUT2D eigenvalue weighted by atomic mass is 9.90. The Morgan fingerprint density at radius 2 is 1.77 bits per heavy atom. The van der Waals surface area contributed by atoms with Gasteiger partial charge in [-0.05, 0) is 61.9 Å². The predicted molar refractivity (Wildman–Crippen MR) is 146 cm³/mol. The molecule has 212 valence electrons. The van der Waals surface area contributed by atoms with Crippen molar-refractivity contribution in [3.05, 3.63) is 45.1 Å². The maximum atomic E-state index is 12.9. The number of Topliss-reactive ketones (excluding diaryl/α,β-unsaturated/α-hetero) is 1. The minimum absolute atomic E-state index is 0.0456. The van der Waals surface area contributed by atoms with Crippen molar-refractivity contribution in [3.8, 4) is 11.5 Å². The summed E-state index contributed by atoms with van der Waals surface area (Å²) in [7, 11) is 0. The summed E-state index contributed by atoms with van der Waals surface area (Å²) in [6.45, 7) is 4.51. The average molecular weight is 561 g/mol. The molecule has 11 heteroatoms. The number of amides is 1. The fourth-order valence-electron chi connectivity index (χ4n) is 4.35. The smallest absolute Gasteiger partial charge is 0.348 e. The Balaban J connectivity index is 1.79. The van der Waals surface area contributed by atoms with E-state index in [4.69, 9.17) is 14.6 Å². The maximum Gasteiger partial charge on any atom is 0.348 e. The molecule has 0 spiro atoms. The van der Waals surface area contributed by atoms with E-state index in [2.05, 4.69) is 10.6 Å². The highest BCUT2D eigenvalue weighted by molar-refractivity contribution is 7.14. The molecule has 0 fully saturated rings. The third-order valence-electron chi connectivity index (χ3n) is 6.55. The van der Waals surface area contributed by atoms with E-state index in [1.54, 1.807) is 0 Å². The number of nitrogens with one attached hydrogen (secondary N) is 2. The molecule has 39 heavy (non-hydrogen) atoms. The zero-order valence-corrected chi connectivity index (χ0v) is 23.2. The number of aliphatic carboxylic acids is 2. The van der Waals surface area contributed by atoms with Gasteiger partial charge in [0, 0.05) is 23.5 Å². The number of ketones is 1. The fraction of sp³-hybridized carbons (Fsp3) is 0.500. The molecule has 4 N–H and O–H groups in total. The number of carboxylic acids is 2. The van der Waals surface area contributed by atoms with Crippen molar-refractivity contribution in [3.63, 3.8) is 0 Å². The van der Waals surface area contributed by atoms with E-state index in [0.717, 1.165) is 36.2 Å². The molecule has 3 rings (SSSR count). The summed E-state index contributed by atoms with van der Waals surface area (Å²) in [4.78, 5) is 50.8. The van der Waals surface area contributed by atoms with Crippen molar-refractivity contribution in [2.45, 2.75) is 70.9 Å². The van der Waals surface area contributed by atoms with E-state index in [0.29, 0.717) is 24.3 Å². The van der Waals surface area contributed by atoms with Crippen molar-refractivity contribution < 1.29 is 38.9 Å². The highest BCUT2D eigenvalue weighted by Crippen LogP contribution is 2.36. The Labute approximate surface area is 231 Å². The van der Waals surface area contributed by atoms with Crippen molar-refractivity contribution >= 4 is 35.0 Å². The summed E-state index contributed by atoms with van der Waals surface area (Å²) >= 11 is 1.42. The topological polar surface area (TPSA) is 151 Å². The van der Waals surface area contributed by atoms with Gasteiger partial charge in [0.05, 0.1) is 11.4 Å². The molecular formula is C28H36N2O8S. The lowest BCUT2D eigenvalue weighted by Gasteiger charge is -2.31. The van der Waals surface area contributed by atoms with Gasteiger partial charge in [-0.2, -0.15) is 0 Å². The molecule has 0 aliphatic carbocycles. The Morgan fingerprint density at radius 3 is 2.38 bits per heavy atom. The molecule has 0 atom stereocenters. The first-order valence-electron chi connectivity index (χ1n) is 13.2. The molecule has 1 amide bonds. The van der Waals surface area contributed by atoms with Crippen LogP contribution in [0.25, 0.3) is 0 Å².